The number of nitrogens with zero attached hydrogens (tertiary/aromatic N) is 6. The zero-order valence-electron chi connectivity index (χ0n) is 45.8. The van der Waals surface area contributed by atoms with Crippen molar-refractivity contribution < 1.29 is 29.0 Å². The number of benzene rings is 3. The SMILES string of the molecule is CCOc1cc(C(C)(C)C)ccc1C1=N[C@](C)(C2(C)C=CC(Cl)=CC2)[C@](C)(c2ccc(Cl)cc2)N1C(=O)N1CCN(CC(=O)N[C@H](C(=O)N2C[C@H](O)C[C@H]2C(=O)NCc2ccc(-c3scnc3C)cc2)C(C)(C)C)CC1. The number of urea groups is 1. The first kappa shape index (κ1) is 56.6. The second kappa shape index (κ2) is 22.0. The van der Waals surface area contributed by atoms with Gasteiger partial charge in [0.15, 0.2) is 0 Å². The molecule has 3 N–H and O–H groups in total. The standard InChI is InChI=1S/C59H74Cl2N8O6S/c1-12-75-47-31-41(55(3,4)5)19-22-45(47)51-65-59(11,57(9)25-23-43(61)24-26-57)58(10,40-17-20-42(60)21-18-40)69(51)54(74)67-29-27-66(28-30-67)35-48(71)64-50(56(6,7)8)53(73)68-34-44(70)32-46(68)52(72)62-33-38-13-15-39(16-14-38)49-37(2)63-36-76-49/h13-25,31,36,44,46,50,70H,12,26-30,32-35H2,1-11H3,(H,62,72)(H,64,71)/t44-,46+,50-,57?,58+,59-/m1/s1. The molecule has 4 aromatic rings. The number of aromatic nitrogens is 1. The quantitative estimate of drug-likeness (QED) is 0.119. The van der Waals surface area contributed by atoms with Gasteiger partial charge in [0.2, 0.25) is 17.7 Å². The second-order valence-electron chi connectivity index (χ2n) is 23.3. The normalized spacial score (nSPS) is 24.5. The molecule has 0 spiro atoms. The molecular weight excluding hydrogens is 1020 g/mol. The van der Waals surface area contributed by atoms with E-state index in [-0.39, 0.29) is 49.3 Å². The van der Waals surface area contributed by atoms with Crippen LogP contribution in [0, 0.1) is 17.8 Å². The van der Waals surface area contributed by atoms with E-state index in [0.29, 0.717) is 66.4 Å². The van der Waals surface area contributed by atoms with Crippen molar-refractivity contribution in [2.24, 2.45) is 15.8 Å². The summed E-state index contributed by atoms with van der Waals surface area (Å²) in [6.45, 7) is 24.3. The molecule has 2 saturated heterocycles. The molecule has 8 rings (SSSR count). The highest BCUT2D eigenvalue weighted by Gasteiger charge is 2.65. The van der Waals surface area contributed by atoms with Gasteiger partial charge in [-0.2, -0.15) is 0 Å². The number of halogens is 2. The lowest BCUT2D eigenvalue weighted by Gasteiger charge is -2.53. The number of aliphatic imine (C=N–C) groups is 1. The summed E-state index contributed by atoms with van der Waals surface area (Å²) in [7, 11) is 0. The number of allylic oxidation sites excluding steroid dienone is 3. The van der Waals surface area contributed by atoms with Gasteiger partial charge in [-0.25, -0.2) is 9.78 Å². The van der Waals surface area contributed by atoms with E-state index in [1.54, 1.807) is 11.3 Å². The average Bonchev–Trinajstić information content (AvgIpc) is 4.06. The molecule has 4 aliphatic rings. The summed E-state index contributed by atoms with van der Waals surface area (Å²) in [4.78, 5) is 76.3. The number of amidine groups is 1. The van der Waals surface area contributed by atoms with Gasteiger partial charge in [0.05, 0.1) is 52.0 Å². The summed E-state index contributed by atoms with van der Waals surface area (Å²) in [5.41, 5.74) is 3.75. The van der Waals surface area contributed by atoms with Gasteiger partial charge in [0, 0.05) is 61.2 Å². The molecule has 1 unspecified atom stereocenters. The number of hydrogen-bond donors (Lipinski definition) is 3. The van der Waals surface area contributed by atoms with E-state index < -0.39 is 46.0 Å². The third-order valence-electron chi connectivity index (χ3n) is 16.1. The Bertz CT molecular complexity index is 2920. The van der Waals surface area contributed by atoms with Crippen LogP contribution in [0.25, 0.3) is 10.4 Å². The Morgan fingerprint density at radius 3 is 2.21 bits per heavy atom. The lowest BCUT2D eigenvalue weighted by Crippen LogP contribution is -2.64. The van der Waals surface area contributed by atoms with Crippen molar-refractivity contribution in [3.63, 3.8) is 0 Å². The van der Waals surface area contributed by atoms with Crippen molar-refractivity contribution in [1.29, 1.82) is 0 Å². The minimum Gasteiger partial charge on any atom is -0.493 e. The number of nitrogens with one attached hydrogen (secondary N) is 2. The van der Waals surface area contributed by atoms with Gasteiger partial charge in [0.1, 0.15) is 23.7 Å². The van der Waals surface area contributed by atoms with Crippen LogP contribution >= 0.6 is 34.5 Å². The number of likely N-dealkylation sites (tertiary alicyclic amines) is 1. The van der Waals surface area contributed by atoms with Gasteiger partial charge in [-0.1, -0.05) is 126 Å². The fraction of sp³-hybridized carbons (Fsp3) is 0.492. The fourth-order valence-corrected chi connectivity index (χ4v) is 12.2. The molecule has 6 atom stereocenters. The van der Waals surface area contributed by atoms with Crippen LogP contribution in [0.15, 0.2) is 100 Å². The van der Waals surface area contributed by atoms with Crippen LogP contribution in [0.4, 0.5) is 4.79 Å². The predicted octanol–water partition coefficient (Wildman–Crippen LogP) is 9.84. The minimum atomic E-state index is -1.09. The third kappa shape index (κ3) is 11.2. The van der Waals surface area contributed by atoms with Gasteiger partial charge >= 0.3 is 6.03 Å². The molecule has 3 aromatic carbocycles. The number of aliphatic hydroxyl groups excluding tert-OH is 1. The fourth-order valence-electron chi connectivity index (χ4n) is 11.1. The predicted molar refractivity (Wildman–Crippen MR) is 303 cm³/mol. The molecule has 5 amide bonds. The van der Waals surface area contributed by atoms with E-state index in [2.05, 4.69) is 75.4 Å². The maximum Gasteiger partial charge on any atom is 0.326 e. The summed E-state index contributed by atoms with van der Waals surface area (Å²) in [5.74, 6) is -0.0603. The van der Waals surface area contributed by atoms with Crippen molar-refractivity contribution in [3.05, 3.63) is 128 Å². The number of ether oxygens (including phenoxy) is 1. The van der Waals surface area contributed by atoms with Gasteiger partial charge in [-0.05, 0) is 97.5 Å². The van der Waals surface area contributed by atoms with Gasteiger partial charge < -0.3 is 30.3 Å². The number of carbonyl (C=O) groups excluding carboxylic acids is 4. The summed E-state index contributed by atoms with van der Waals surface area (Å²) in [6, 6.07) is 19.6. The first-order valence-corrected chi connectivity index (χ1v) is 28.0. The van der Waals surface area contributed by atoms with E-state index in [0.717, 1.165) is 32.8 Å². The molecule has 1 aliphatic carbocycles. The maximum atomic E-state index is 15.8. The van der Waals surface area contributed by atoms with E-state index in [1.807, 2.05) is 122 Å². The first-order chi connectivity index (χ1) is 35.8. The summed E-state index contributed by atoms with van der Waals surface area (Å²) >= 11 is 14.7. The van der Waals surface area contributed by atoms with Crippen LogP contribution in [0.2, 0.25) is 5.02 Å². The van der Waals surface area contributed by atoms with Crippen LogP contribution in [0.3, 0.4) is 0 Å². The van der Waals surface area contributed by atoms with Crippen molar-refractivity contribution in [2.45, 2.75) is 130 Å². The lowest BCUT2D eigenvalue weighted by atomic mass is 9.58. The minimum absolute atomic E-state index is 0.0224. The number of piperazine rings is 1. The van der Waals surface area contributed by atoms with Gasteiger partial charge in [-0.3, -0.25) is 29.2 Å². The molecule has 17 heteroatoms. The molecule has 3 aliphatic heterocycles. The zero-order chi connectivity index (χ0) is 55.1. The molecule has 76 heavy (non-hydrogen) atoms. The Morgan fingerprint density at radius 1 is 0.934 bits per heavy atom. The number of thiazole rings is 1. The van der Waals surface area contributed by atoms with Crippen molar-refractivity contribution >= 4 is 64.1 Å². The molecule has 0 radical (unpaired) electrons. The van der Waals surface area contributed by atoms with Crippen LogP contribution in [0.5, 0.6) is 5.75 Å². The summed E-state index contributed by atoms with van der Waals surface area (Å²) in [5, 5.41) is 18.0. The number of carbonyl (C=O) groups is 4. The number of aliphatic hydroxyl groups is 1. The topological polar surface area (TPSA) is 160 Å². The van der Waals surface area contributed by atoms with Crippen LogP contribution in [0.1, 0.15) is 110 Å². The van der Waals surface area contributed by atoms with Crippen LogP contribution in [-0.4, -0.2) is 129 Å². The van der Waals surface area contributed by atoms with Gasteiger partial charge in [-0.15, -0.1) is 11.3 Å². The Kier molecular flexibility index (Phi) is 16.4. The molecular formula is C59H74Cl2N8O6S. The highest BCUT2D eigenvalue weighted by molar-refractivity contribution is 7.13. The second-order valence-corrected chi connectivity index (χ2v) is 25.1. The third-order valence-corrected chi connectivity index (χ3v) is 17.6. The van der Waals surface area contributed by atoms with E-state index >= 15 is 4.79 Å². The Balaban J connectivity index is 0.995. The Morgan fingerprint density at radius 2 is 1.62 bits per heavy atom. The number of rotatable bonds is 13. The molecule has 1 aromatic heterocycles. The number of β-amino-alcohol motifs (C(OH)–C–C–N with tert-alkyl or cyclic N) is 1. The van der Waals surface area contributed by atoms with Crippen molar-refractivity contribution in [2.75, 3.05) is 45.9 Å². The van der Waals surface area contributed by atoms with Gasteiger partial charge in [0.25, 0.3) is 0 Å². The van der Waals surface area contributed by atoms with Crippen molar-refractivity contribution in [3.8, 4) is 16.2 Å². The average molecular weight is 1090 g/mol. The molecule has 14 nitrogen and oxygen atoms in total. The maximum absolute atomic E-state index is 15.8. The molecule has 0 bridgehead atoms. The first-order valence-electron chi connectivity index (χ1n) is 26.3. The lowest BCUT2D eigenvalue weighted by molar-refractivity contribution is -0.144. The van der Waals surface area contributed by atoms with E-state index in [4.69, 9.17) is 32.9 Å². The number of aryl methyl sites for hydroxylation is 1. The van der Waals surface area contributed by atoms with Crippen LogP contribution < -0.4 is 15.4 Å². The monoisotopic (exact) mass is 1090 g/mol. The summed E-state index contributed by atoms with van der Waals surface area (Å²) in [6.07, 6.45) is 5.79. The Hall–Kier alpha value is -5.58. The number of amides is 5. The van der Waals surface area contributed by atoms with E-state index in [9.17, 15) is 19.5 Å². The zero-order valence-corrected chi connectivity index (χ0v) is 48.1. The molecule has 2 fully saturated rings. The highest BCUT2D eigenvalue weighted by Crippen LogP contribution is 2.59. The Labute approximate surface area is 462 Å². The largest absolute Gasteiger partial charge is 0.493 e. The van der Waals surface area contributed by atoms with E-state index in [1.165, 1.54) is 4.90 Å². The number of hydrogen-bond acceptors (Lipinski definition) is 10. The summed E-state index contributed by atoms with van der Waals surface area (Å²) < 4.78 is 6.42. The highest BCUT2D eigenvalue weighted by atomic mass is 35.5. The van der Waals surface area contributed by atoms with Crippen molar-refractivity contribution in [1.82, 2.24) is 35.2 Å². The molecule has 0 saturated carbocycles. The molecule has 4 heterocycles. The smallest absolute Gasteiger partial charge is 0.326 e. The molecule has 406 valence electrons. The van der Waals surface area contributed by atoms with Crippen LogP contribution in [-0.2, 0) is 31.9 Å².